The fraction of sp³-hybridized carbons (Fsp3) is 0.423. The fourth-order valence-corrected chi connectivity index (χ4v) is 4.26. The Morgan fingerprint density at radius 1 is 1.12 bits per heavy atom. The van der Waals surface area contributed by atoms with Gasteiger partial charge in [-0.25, -0.2) is 4.98 Å². The van der Waals surface area contributed by atoms with Gasteiger partial charge in [0.25, 0.3) is 0 Å². The predicted octanol–water partition coefficient (Wildman–Crippen LogP) is 4.69. The fourth-order valence-electron chi connectivity index (χ4n) is 4.26. The molecule has 0 spiro atoms. The van der Waals surface area contributed by atoms with Gasteiger partial charge in [0, 0.05) is 42.0 Å². The summed E-state index contributed by atoms with van der Waals surface area (Å²) in [5.74, 6) is -0.185. The van der Waals surface area contributed by atoms with Gasteiger partial charge in [-0.05, 0) is 63.0 Å². The number of nitrogens with zero attached hydrogens (tertiary/aromatic N) is 3. The number of hydrogen-bond acceptors (Lipinski definition) is 6. The number of carbonyl (C=O) groups is 1. The van der Waals surface area contributed by atoms with E-state index in [9.17, 15) is 4.79 Å². The number of carbonyl (C=O) groups excluding carboxylic acids is 1. The quantitative estimate of drug-likeness (QED) is 0.391. The minimum absolute atomic E-state index is 0.185. The molecule has 32 heavy (non-hydrogen) atoms. The molecule has 1 aliphatic heterocycles. The number of fused-ring (bicyclic) bond motifs is 1. The molecule has 3 aromatic rings. The maximum Gasteiger partial charge on any atom is 0.305 e. The summed E-state index contributed by atoms with van der Waals surface area (Å²) >= 11 is 0. The lowest BCUT2D eigenvalue weighted by atomic mass is 10.0. The first kappa shape index (κ1) is 22.2. The van der Waals surface area contributed by atoms with E-state index in [1.807, 2.05) is 12.3 Å². The number of rotatable bonds is 9. The van der Waals surface area contributed by atoms with E-state index in [4.69, 9.17) is 9.72 Å². The van der Waals surface area contributed by atoms with Crippen LogP contribution in [0.1, 0.15) is 37.7 Å². The van der Waals surface area contributed by atoms with Crippen LogP contribution < -0.4 is 5.32 Å². The van der Waals surface area contributed by atoms with Crippen molar-refractivity contribution in [3.05, 3.63) is 54.4 Å². The summed E-state index contributed by atoms with van der Waals surface area (Å²) in [4.78, 5) is 23.1. The molecule has 6 heteroatoms. The van der Waals surface area contributed by atoms with E-state index in [0.717, 1.165) is 52.9 Å². The summed E-state index contributed by atoms with van der Waals surface area (Å²) in [7, 11) is 1.42. The van der Waals surface area contributed by atoms with E-state index in [1.165, 1.54) is 39.5 Å². The van der Waals surface area contributed by atoms with Crippen LogP contribution in [0.3, 0.4) is 0 Å². The standard InChI is InChI=1S/C26H32N4O2/c1-32-26(31)11-8-20-6-9-21(10-7-20)24-18-25(22-19-27-14-12-23(22)29-24)28-13-5-17-30-15-3-2-4-16-30/h6-7,9-10,12,14,18-19H,2-5,8,11,13,15-17H2,1H3,(H,28,29). The molecule has 1 aliphatic rings. The molecule has 0 bridgehead atoms. The highest BCUT2D eigenvalue weighted by Crippen LogP contribution is 2.28. The van der Waals surface area contributed by atoms with Crippen LogP contribution in [0, 0.1) is 0 Å². The second-order valence-corrected chi connectivity index (χ2v) is 8.40. The number of pyridine rings is 2. The third-order valence-corrected chi connectivity index (χ3v) is 6.12. The molecule has 3 heterocycles. The molecule has 1 N–H and O–H groups in total. The molecule has 0 unspecified atom stereocenters. The Morgan fingerprint density at radius 3 is 2.72 bits per heavy atom. The Balaban J connectivity index is 1.45. The number of benzene rings is 1. The van der Waals surface area contributed by atoms with Crippen molar-refractivity contribution in [2.75, 3.05) is 38.6 Å². The predicted molar refractivity (Wildman–Crippen MR) is 129 cm³/mol. The first-order chi connectivity index (χ1) is 15.7. The van der Waals surface area contributed by atoms with Gasteiger partial charge in [-0.1, -0.05) is 30.7 Å². The summed E-state index contributed by atoms with van der Waals surface area (Å²) in [5, 5.41) is 4.68. The van der Waals surface area contributed by atoms with Crippen molar-refractivity contribution in [1.82, 2.24) is 14.9 Å². The summed E-state index contributed by atoms with van der Waals surface area (Å²) in [5.41, 5.74) is 5.11. The van der Waals surface area contributed by atoms with Crippen molar-refractivity contribution in [2.45, 2.75) is 38.5 Å². The number of aromatic nitrogens is 2. The zero-order valence-electron chi connectivity index (χ0n) is 18.8. The summed E-state index contributed by atoms with van der Waals surface area (Å²) in [6, 6.07) is 12.3. The third-order valence-electron chi connectivity index (χ3n) is 6.12. The van der Waals surface area contributed by atoms with Gasteiger partial charge in [0.05, 0.1) is 18.3 Å². The Hall–Kier alpha value is -2.99. The van der Waals surface area contributed by atoms with Crippen LogP contribution in [0.25, 0.3) is 22.2 Å². The van der Waals surface area contributed by atoms with Crippen molar-refractivity contribution in [2.24, 2.45) is 0 Å². The molecular formula is C26H32N4O2. The van der Waals surface area contributed by atoms with Gasteiger partial charge in [0.15, 0.2) is 0 Å². The van der Waals surface area contributed by atoms with E-state index in [2.05, 4.69) is 45.5 Å². The Bertz CT molecular complexity index is 1030. The number of methoxy groups -OCH3 is 1. The zero-order valence-corrected chi connectivity index (χ0v) is 18.8. The SMILES string of the molecule is COC(=O)CCc1ccc(-c2cc(NCCCN3CCCCC3)c3cnccc3n2)cc1. The van der Waals surface area contributed by atoms with Crippen LogP contribution in [0.2, 0.25) is 0 Å². The highest BCUT2D eigenvalue weighted by molar-refractivity contribution is 5.93. The smallest absolute Gasteiger partial charge is 0.305 e. The van der Waals surface area contributed by atoms with E-state index >= 15 is 0 Å². The summed E-state index contributed by atoms with van der Waals surface area (Å²) in [6.07, 6.45) is 9.90. The molecule has 2 aromatic heterocycles. The van der Waals surface area contributed by atoms with Crippen molar-refractivity contribution in [3.63, 3.8) is 0 Å². The Labute approximate surface area is 190 Å². The number of nitrogens with one attached hydrogen (secondary N) is 1. The molecule has 0 amide bonds. The molecular weight excluding hydrogens is 400 g/mol. The highest BCUT2D eigenvalue weighted by Gasteiger charge is 2.11. The molecule has 0 saturated carbocycles. The number of piperidine rings is 1. The van der Waals surface area contributed by atoms with Crippen LogP contribution in [0.4, 0.5) is 5.69 Å². The van der Waals surface area contributed by atoms with E-state index in [-0.39, 0.29) is 5.97 Å². The lowest BCUT2D eigenvalue weighted by Crippen LogP contribution is -2.31. The van der Waals surface area contributed by atoms with Crippen molar-refractivity contribution in [1.29, 1.82) is 0 Å². The number of esters is 1. The highest BCUT2D eigenvalue weighted by atomic mass is 16.5. The van der Waals surface area contributed by atoms with E-state index < -0.39 is 0 Å². The van der Waals surface area contributed by atoms with Crippen molar-refractivity contribution >= 4 is 22.6 Å². The maximum absolute atomic E-state index is 11.4. The number of ether oxygens (including phenoxy) is 1. The number of anilines is 1. The van der Waals surface area contributed by atoms with Crippen molar-refractivity contribution in [3.8, 4) is 11.3 Å². The van der Waals surface area contributed by atoms with E-state index in [0.29, 0.717) is 12.8 Å². The van der Waals surface area contributed by atoms with Crippen LogP contribution in [-0.4, -0.2) is 54.1 Å². The third kappa shape index (κ3) is 5.82. The number of aryl methyl sites for hydroxylation is 1. The molecule has 1 saturated heterocycles. The lowest BCUT2D eigenvalue weighted by Gasteiger charge is -2.26. The van der Waals surface area contributed by atoms with Gasteiger partial charge in [0.1, 0.15) is 0 Å². The van der Waals surface area contributed by atoms with Crippen molar-refractivity contribution < 1.29 is 9.53 Å². The first-order valence-corrected chi connectivity index (χ1v) is 11.6. The first-order valence-electron chi connectivity index (χ1n) is 11.6. The molecule has 1 aromatic carbocycles. The van der Waals surface area contributed by atoms with Crippen LogP contribution in [0.5, 0.6) is 0 Å². The largest absolute Gasteiger partial charge is 0.469 e. The lowest BCUT2D eigenvalue weighted by molar-refractivity contribution is -0.140. The molecule has 0 aliphatic carbocycles. The maximum atomic E-state index is 11.4. The number of likely N-dealkylation sites (tertiary alicyclic amines) is 1. The normalized spacial score (nSPS) is 14.4. The average molecular weight is 433 g/mol. The van der Waals surface area contributed by atoms with Gasteiger partial charge in [-0.3, -0.25) is 9.78 Å². The van der Waals surface area contributed by atoms with Gasteiger partial charge >= 0.3 is 5.97 Å². The van der Waals surface area contributed by atoms with Gasteiger partial charge in [-0.15, -0.1) is 0 Å². The van der Waals surface area contributed by atoms with Gasteiger partial charge in [0.2, 0.25) is 0 Å². The molecule has 168 valence electrons. The molecule has 1 fully saturated rings. The molecule has 4 rings (SSSR count). The minimum Gasteiger partial charge on any atom is -0.469 e. The summed E-state index contributed by atoms with van der Waals surface area (Å²) in [6.45, 7) is 4.55. The van der Waals surface area contributed by atoms with E-state index in [1.54, 1.807) is 6.20 Å². The van der Waals surface area contributed by atoms with Crippen LogP contribution >= 0.6 is 0 Å². The molecule has 6 nitrogen and oxygen atoms in total. The summed E-state index contributed by atoms with van der Waals surface area (Å²) < 4.78 is 4.73. The van der Waals surface area contributed by atoms with Crippen LogP contribution in [0.15, 0.2) is 48.8 Å². The zero-order chi connectivity index (χ0) is 22.2. The average Bonchev–Trinajstić information content (AvgIpc) is 2.86. The monoisotopic (exact) mass is 432 g/mol. The molecule has 0 radical (unpaired) electrons. The topological polar surface area (TPSA) is 67.3 Å². The minimum atomic E-state index is -0.185. The number of hydrogen-bond donors (Lipinski definition) is 1. The van der Waals surface area contributed by atoms with Gasteiger partial charge in [-0.2, -0.15) is 0 Å². The second-order valence-electron chi connectivity index (χ2n) is 8.40. The van der Waals surface area contributed by atoms with Crippen LogP contribution in [-0.2, 0) is 16.0 Å². The molecule has 0 atom stereocenters. The Kier molecular flexibility index (Phi) is 7.67. The second kappa shape index (κ2) is 11.0. The van der Waals surface area contributed by atoms with Gasteiger partial charge < -0.3 is 15.0 Å². The Morgan fingerprint density at radius 2 is 1.94 bits per heavy atom.